The molecule has 0 amide bonds. The second-order valence-electron chi connectivity index (χ2n) is 9.96. The van der Waals surface area contributed by atoms with Crippen LogP contribution in [0.1, 0.15) is 37.5 Å². The van der Waals surface area contributed by atoms with Gasteiger partial charge in [0.1, 0.15) is 22.8 Å². The fraction of sp³-hybridized carbons (Fsp3) is 0.542. The topological polar surface area (TPSA) is 106 Å². The summed E-state index contributed by atoms with van der Waals surface area (Å²) in [6.07, 6.45) is -0.727. The van der Waals surface area contributed by atoms with Crippen LogP contribution in [0.5, 0.6) is 0 Å². The smallest absolute Gasteiger partial charge is 0.378 e. The molecular formula is C24H29F3N8O2S. The van der Waals surface area contributed by atoms with Gasteiger partial charge in [-0.3, -0.25) is 9.48 Å². The summed E-state index contributed by atoms with van der Waals surface area (Å²) in [5, 5.41) is 10.7. The monoisotopic (exact) mass is 550 g/mol. The first-order valence-electron chi connectivity index (χ1n) is 12.5. The van der Waals surface area contributed by atoms with Gasteiger partial charge >= 0.3 is 6.18 Å². The molecule has 1 aliphatic carbocycles. The molecule has 0 radical (unpaired) electrons. The Bertz CT molecular complexity index is 1400. The number of hydrogen-bond donors (Lipinski definition) is 2. The van der Waals surface area contributed by atoms with Gasteiger partial charge in [0.2, 0.25) is 0 Å². The molecule has 1 fully saturated rings. The minimum Gasteiger partial charge on any atom is -0.378 e. The van der Waals surface area contributed by atoms with E-state index in [1.807, 2.05) is 11.8 Å². The van der Waals surface area contributed by atoms with Crippen molar-refractivity contribution in [2.75, 3.05) is 23.4 Å². The van der Waals surface area contributed by atoms with Crippen LogP contribution in [0, 0.1) is 16.3 Å². The van der Waals surface area contributed by atoms with Gasteiger partial charge in [-0.1, -0.05) is 19.1 Å². The molecule has 0 spiro atoms. The van der Waals surface area contributed by atoms with Crippen molar-refractivity contribution in [3.8, 4) is 0 Å². The molecule has 4 heterocycles. The summed E-state index contributed by atoms with van der Waals surface area (Å²) in [4.78, 5) is 23.0. The molecule has 0 aromatic carbocycles. The second-order valence-corrected chi connectivity index (χ2v) is 10.4. The maximum absolute atomic E-state index is 12.8. The average Bonchev–Trinajstić information content (AvgIpc) is 3.41. The molecule has 2 aliphatic rings. The van der Waals surface area contributed by atoms with Crippen LogP contribution in [0.25, 0.3) is 0 Å². The van der Waals surface area contributed by atoms with Gasteiger partial charge in [0.05, 0.1) is 30.9 Å². The number of alkyl halides is 3. The van der Waals surface area contributed by atoms with Gasteiger partial charge in [0.15, 0.2) is 5.82 Å². The van der Waals surface area contributed by atoms with Crippen LogP contribution in [-0.2, 0) is 37.2 Å². The molecule has 0 saturated heterocycles. The summed E-state index contributed by atoms with van der Waals surface area (Å²) in [5.41, 5.74) is -0.418. The van der Waals surface area contributed by atoms with Crippen LogP contribution in [0.2, 0.25) is 0 Å². The van der Waals surface area contributed by atoms with Crippen molar-refractivity contribution >= 4 is 23.7 Å². The van der Waals surface area contributed by atoms with Crippen molar-refractivity contribution in [2.24, 2.45) is 11.8 Å². The van der Waals surface area contributed by atoms with E-state index in [0.717, 1.165) is 18.7 Å². The second kappa shape index (κ2) is 10.5. The van der Waals surface area contributed by atoms with E-state index in [1.165, 1.54) is 6.07 Å². The third-order valence-electron chi connectivity index (χ3n) is 6.85. The Hall–Kier alpha value is -3.26. The summed E-state index contributed by atoms with van der Waals surface area (Å²) in [6.45, 7) is 6.75. The van der Waals surface area contributed by atoms with Gasteiger partial charge in [0.25, 0.3) is 5.56 Å². The number of fused-ring (bicyclic) bond motifs is 1. The number of nitrogens with zero attached hydrogens (tertiary/aromatic N) is 6. The lowest BCUT2D eigenvalue weighted by atomic mass is 10.2. The lowest BCUT2D eigenvalue weighted by molar-refractivity contribution is -0.137. The van der Waals surface area contributed by atoms with Crippen molar-refractivity contribution in [1.29, 1.82) is 0 Å². The van der Waals surface area contributed by atoms with Gasteiger partial charge in [-0.25, -0.2) is 14.6 Å². The number of pyridine rings is 1. The van der Waals surface area contributed by atoms with Crippen molar-refractivity contribution < 1.29 is 17.9 Å². The molecule has 3 atom stereocenters. The number of hydrogen-bond acceptors (Lipinski definition) is 8. The number of H-pyrrole nitrogens is 1. The average molecular weight is 551 g/mol. The number of halogens is 3. The summed E-state index contributed by atoms with van der Waals surface area (Å²) >= 11 is 5.37. The Kier molecular flexibility index (Phi) is 7.27. The number of anilines is 2. The van der Waals surface area contributed by atoms with Crippen LogP contribution in [0.3, 0.4) is 0 Å². The van der Waals surface area contributed by atoms with Gasteiger partial charge in [-0.2, -0.15) is 18.3 Å². The summed E-state index contributed by atoms with van der Waals surface area (Å²) in [7, 11) is 0. The van der Waals surface area contributed by atoms with Crippen molar-refractivity contribution in [2.45, 2.75) is 58.7 Å². The Morgan fingerprint density at radius 3 is 2.79 bits per heavy atom. The summed E-state index contributed by atoms with van der Waals surface area (Å²) < 4.78 is 47.8. The minimum absolute atomic E-state index is 0.123. The highest BCUT2D eigenvalue weighted by atomic mass is 32.1. The van der Waals surface area contributed by atoms with E-state index in [9.17, 15) is 18.0 Å². The molecule has 0 bridgehead atoms. The van der Waals surface area contributed by atoms with Crippen LogP contribution >= 0.6 is 12.2 Å². The molecule has 204 valence electrons. The van der Waals surface area contributed by atoms with Crippen LogP contribution < -0.4 is 15.8 Å². The minimum atomic E-state index is -4.42. The maximum Gasteiger partial charge on any atom is 0.417 e. The van der Waals surface area contributed by atoms with E-state index in [2.05, 4.69) is 32.4 Å². The highest BCUT2D eigenvalue weighted by Gasteiger charge is 2.33. The third kappa shape index (κ3) is 5.90. The van der Waals surface area contributed by atoms with Crippen molar-refractivity contribution in [1.82, 2.24) is 29.5 Å². The van der Waals surface area contributed by atoms with Gasteiger partial charge in [0, 0.05) is 31.5 Å². The third-order valence-corrected chi connectivity index (χ3v) is 7.24. The quantitative estimate of drug-likeness (QED) is 0.390. The number of ether oxygens (including phenoxy) is 1. The number of aromatic nitrogens is 6. The highest BCUT2D eigenvalue weighted by Crippen LogP contribution is 2.38. The Balaban J connectivity index is 1.12. The fourth-order valence-electron chi connectivity index (χ4n) is 4.45. The molecule has 2 N–H and O–H groups in total. The zero-order valence-electron chi connectivity index (χ0n) is 21.0. The molecule has 3 aromatic rings. The van der Waals surface area contributed by atoms with Crippen LogP contribution in [-0.4, -0.2) is 48.7 Å². The Morgan fingerprint density at radius 1 is 1.32 bits per heavy atom. The first-order chi connectivity index (χ1) is 18.1. The number of aromatic amines is 1. The standard InChI is InChI=1S/C24H29F3N8O2S/c1-14-7-16(14)10-35-23(36)22(38)18(9-29-35)30-15(2)12-37-13-19-31-21-11-33(5-6-34(21)32-19)20-4-3-17(8-28-20)24(25,26)27/h3-4,8-9,14-16,29-30H,5-7,10-13H2,1-2H3/t14?,15-,16?/m0/s1. The molecule has 14 heteroatoms. The van der Waals surface area contributed by atoms with Crippen LogP contribution in [0.4, 0.5) is 24.7 Å². The zero-order valence-corrected chi connectivity index (χ0v) is 21.8. The summed E-state index contributed by atoms with van der Waals surface area (Å²) in [6, 6.07) is 2.28. The molecule has 3 aromatic heterocycles. The molecule has 2 unspecified atom stereocenters. The Morgan fingerprint density at radius 2 is 2.11 bits per heavy atom. The van der Waals surface area contributed by atoms with E-state index < -0.39 is 11.7 Å². The predicted molar refractivity (Wildman–Crippen MR) is 136 cm³/mol. The predicted octanol–water partition coefficient (Wildman–Crippen LogP) is 3.60. The lowest BCUT2D eigenvalue weighted by Gasteiger charge is -2.27. The normalized spacial score (nSPS) is 19.8. The van der Waals surface area contributed by atoms with Gasteiger partial charge in [-0.15, -0.1) is 0 Å². The van der Waals surface area contributed by atoms with Crippen molar-refractivity contribution in [3.63, 3.8) is 0 Å². The van der Waals surface area contributed by atoms with Crippen molar-refractivity contribution in [3.05, 3.63) is 56.6 Å². The molecule has 10 nitrogen and oxygen atoms in total. The maximum atomic E-state index is 12.8. The lowest BCUT2D eigenvalue weighted by Crippen LogP contribution is -2.34. The largest absolute Gasteiger partial charge is 0.417 e. The molecule has 5 rings (SSSR count). The van der Waals surface area contributed by atoms with E-state index >= 15 is 0 Å². The van der Waals surface area contributed by atoms with Crippen LogP contribution in [0.15, 0.2) is 29.3 Å². The van der Waals surface area contributed by atoms with E-state index in [4.69, 9.17) is 17.0 Å². The van der Waals surface area contributed by atoms with Gasteiger partial charge < -0.3 is 20.1 Å². The number of nitrogens with one attached hydrogen (secondary N) is 2. The Labute approximate surface area is 221 Å². The first kappa shape index (κ1) is 26.4. The number of rotatable bonds is 9. The molecule has 38 heavy (non-hydrogen) atoms. The van der Waals surface area contributed by atoms with E-state index in [0.29, 0.717) is 67.8 Å². The SMILES string of the molecule is CC1CC1Cn1[nH]cc(N[C@@H](C)COCc2nc3n(n2)CCN(c2ccc(C(F)(F)F)cn2)C3)c(=S)c1=O. The highest BCUT2D eigenvalue weighted by molar-refractivity contribution is 7.71. The first-order valence-corrected chi connectivity index (χ1v) is 12.9. The summed E-state index contributed by atoms with van der Waals surface area (Å²) in [5.74, 6) is 2.83. The fourth-order valence-corrected chi connectivity index (χ4v) is 4.68. The van der Waals surface area contributed by atoms with E-state index in [-0.39, 0.29) is 22.7 Å². The molecule has 1 saturated carbocycles. The molecular weight excluding hydrogens is 521 g/mol. The van der Waals surface area contributed by atoms with Gasteiger partial charge in [-0.05, 0) is 37.3 Å². The molecule has 1 aliphatic heterocycles. The zero-order chi connectivity index (χ0) is 27.0. The van der Waals surface area contributed by atoms with E-state index in [1.54, 1.807) is 15.6 Å².